The zero-order valence-corrected chi connectivity index (χ0v) is 35.6. The Balaban J connectivity index is 1.19. The molecule has 0 aromatic carbocycles. The van der Waals surface area contributed by atoms with Crippen LogP contribution < -0.4 is 5.69 Å². The summed E-state index contributed by atoms with van der Waals surface area (Å²) in [5.74, 6) is 1.71. The number of rotatable bonds is 31. The lowest BCUT2D eigenvalue weighted by atomic mass is 9.48. The lowest BCUT2D eigenvalue weighted by molar-refractivity contribution is -0.304. The molecule has 1 aromatic heterocycles. The van der Waals surface area contributed by atoms with Crippen LogP contribution in [-0.2, 0) is 16.0 Å². The maximum Gasteiger partial charge on any atom is 0.364 e. The molecule has 57 heavy (non-hydrogen) atoms. The summed E-state index contributed by atoms with van der Waals surface area (Å²) in [6.07, 6.45) is 19.6. The van der Waals surface area contributed by atoms with E-state index in [1.807, 2.05) is 0 Å². The number of tetrazole rings is 1. The molecular weight excluding hydrogens is 729 g/mol. The summed E-state index contributed by atoms with van der Waals surface area (Å²) in [6, 6.07) is -1.18. The van der Waals surface area contributed by atoms with Crippen molar-refractivity contribution in [2.24, 2.45) is 17.3 Å². The molecule has 6 N–H and O–H groups in total. The predicted octanol–water partition coefficient (Wildman–Crippen LogP) is 6.11. The van der Waals surface area contributed by atoms with Crippen LogP contribution in [0.25, 0.3) is 0 Å². The maximum atomic E-state index is 13.5. The summed E-state index contributed by atoms with van der Waals surface area (Å²) in [5, 5.41) is 71.1. The molecule has 13 heteroatoms. The van der Waals surface area contributed by atoms with Crippen molar-refractivity contribution in [2.75, 3.05) is 13.2 Å². The molecule has 0 spiro atoms. The topological polar surface area (TPSA) is 193 Å². The van der Waals surface area contributed by atoms with Gasteiger partial charge in [0, 0.05) is 6.54 Å². The molecule has 10 atom stereocenters. The average molecular weight is 809 g/mol. The first-order chi connectivity index (χ1) is 27.5. The smallest absolute Gasteiger partial charge is 0.364 e. The van der Waals surface area contributed by atoms with Crippen molar-refractivity contribution in [3.63, 3.8) is 0 Å². The highest BCUT2D eigenvalue weighted by molar-refractivity contribution is 5.23. The second-order valence-electron chi connectivity index (χ2n) is 18.2. The number of hydrogen-bond acceptors (Lipinski definition) is 11. The molecule has 1 saturated carbocycles. The standard InChI is InChI=1S/C44H80N4O9/c1-4-5-6-7-8-9-10-11-12-16-19-22-25-36(50)38(51)35(31-56-42-41(54)40(53)39(52)37(30-49)57-42)48-43(55)47(45-46-48)28-23-20-17-14-13-15-18-21-24-32-26-27-33-29-34(32)44(33,2)3/h26,33-42,49-54H,4-25,27-31H2,1-3H3/t33-,34-,35-,36+,37?,38-,39?,40?,41?,42?/m0/s1. The Kier molecular flexibility index (Phi) is 21.2. The Bertz CT molecular complexity index is 1330. The fraction of sp³-hybridized carbons (Fsp3) is 0.932. The number of fused-ring (bicyclic) bond motifs is 1. The molecule has 13 nitrogen and oxygen atoms in total. The van der Waals surface area contributed by atoms with Gasteiger partial charge in [0.15, 0.2) is 6.29 Å². The second kappa shape index (κ2) is 25.2. The summed E-state index contributed by atoms with van der Waals surface area (Å²) in [4.78, 5) is 13.5. The first-order valence-corrected chi connectivity index (χ1v) is 23.0. The van der Waals surface area contributed by atoms with Gasteiger partial charge in [-0.15, -0.1) is 0 Å². The van der Waals surface area contributed by atoms with Crippen LogP contribution in [0.15, 0.2) is 16.4 Å². The number of unbranched alkanes of at least 4 members (excludes halogenated alkanes) is 18. The zero-order chi connectivity index (χ0) is 41.2. The highest BCUT2D eigenvalue weighted by atomic mass is 16.7. The van der Waals surface area contributed by atoms with Crippen LogP contribution in [0.4, 0.5) is 0 Å². The van der Waals surface area contributed by atoms with Gasteiger partial charge in [-0.05, 0) is 66.2 Å². The van der Waals surface area contributed by atoms with Gasteiger partial charge in [-0.2, -0.15) is 9.36 Å². The Hall–Kier alpha value is -1.71. The predicted molar refractivity (Wildman–Crippen MR) is 220 cm³/mol. The van der Waals surface area contributed by atoms with E-state index in [2.05, 4.69) is 37.3 Å². The van der Waals surface area contributed by atoms with Crippen LogP contribution in [0.5, 0.6) is 0 Å². The molecule has 5 rings (SSSR count). The van der Waals surface area contributed by atoms with Gasteiger partial charge in [-0.1, -0.05) is 148 Å². The minimum Gasteiger partial charge on any atom is -0.394 e. The third kappa shape index (κ3) is 14.2. The summed E-state index contributed by atoms with van der Waals surface area (Å²) in [5.41, 5.74) is 1.66. The molecule has 4 aliphatic rings. The molecule has 5 unspecified atom stereocenters. The molecule has 2 heterocycles. The molecule has 3 aliphatic carbocycles. The van der Waals surface area contributed by atoms with Gasteiger partial charge in [-0.25, -0.2) is 4.79 Å². The summed E-state index contributed by atoms with van der Waals surface area (Å²) in [7, 11) is 0. The van der Waals surface area contributed by atoms with Gasteiger partial charge in [-0.3, -0.25) is 0 Å². The van der Waals surface area contributed by atoms with Crippen molar-refractivity contribution in [3.8, 4) is 0 Å². The van der Waals surface area contributed by atoms with Crippen LogP contribution in [-0.4, -0.2) is 107 Å². The summed E-state index contributed by atoms with van der Waals surface area (Å²) >= 11 is 0. The van der Waals surface area contributed by atoms with E-state index in [4.69, 9.17) is 9.47 Å². The number of hydrogen-bond donors (Lipinski definition) is 6. The molecule has 330 valence electrons. The minimum atomic E-state index is -1.66. The number of aryl methyl sites for hydroxylation is 1. The lowest BCUT2D eigenvalue weighted by Crippen LogP contribution is -2.59. The largest absolute Gasteiger partial charge is 0.394 e. The first kappa shape index (κ1) is 48.0. The average Bonchev–Trinajstić information content (AvgIpc) is 3.57. The Morgan fingerprint density at radius 2 is 1.39 bits per heavy atom. The minimum absolute atomic E-state index is 0.315. The van der Waals surface area contributed by atoms with Crippen molar-refractivity contribution >= 4 is 0 Å². The first-order valence-electron chi connectivity index (χ1n) is 23.0. The van der Waals surface area contributed by atoms with E-state index in [1.54, 1.807) is 5.57 Å². The fourth-order valence-electron chi connectivity index (χ4n) is 9.38. The van der Waals surface area contributed by atoms with Gasteiger partial charge < -0.3 is 40.1 Å². The van der Waals surface area contributed by atoms with Crippen LogP contribution >= 0.6 is 0 Å². The monoisotopic (exact) mass is 809 g/mol. The third-order valence-corrected chi connectivity index (χ3v) is 13.6. The Morgan fingerprint density at radius 1 is 0.807 bits per heavy atom. The SMILES string of the molecule is CCCCCCCCCCCCCC[C@@H](O)[C@@H](O)[C@H](COC1OC(CO)C(O)C(O)C1O)n1nnn(CCCCCCCCCCC2=CC[C@H]3C[C@@H]2C3(C)C)c1=O. The van der Waals surface area contributed by atoms with Gasteiger partial charge in [0.2, 0.25) is 0 Å². The maximum absolute atomic E-state index is 13.5. The van der Waals surface area contributed by atoms with E-state index in [-0.39, 0.29) is 0 Å². The van der Waals surface area contributed by atoms with Crippen molar-refractivity contribution in [1.82, 2.24) is 19.8 Å². The number of aromatic nitrogens is 4. The fourth-order valence-corrected chi connectivity index (χ4v) is 9.38. The van der Waals surface area contributed by atoms with Gasteiger partial charge in [0.25, 0.3) is 0 Å². The van der Waals surface area contributed by atoms with E-state index in [1.165, 1.54) is 101 Å². The molecule has 1 saturated heterocycles. The van der Waals surface area contributed by atoms with Gasteiger partial charge >= 0.3 is 5.69 Å². The van der Waals surface area contributed by atoms with Crippen molar-refractivity contribution < 1.29 is 40.1 Å². The second-order valence-corrected chi connectivity index (χ2v) is 18.2. The van der Waals surface area contributed by atoms with Crippen LogP contribution in [0.1, 0.15) is 181 Å². The number of aliphatic hydroxyl groups excluding tert-OH is 6. The molecule has 2 bridgehead atoms. The van der Waals surface area contributed by atoms with Crippen molar-refractivity contribution in [1.29, 1.82) is 0 Å². The Morgan fingerprint density at radius 3 is 1.96 bits per heavy atom. The van der Waals surface area contributed by atoms with E-state index in [9.17, 15) is 35.4 Å². The number of allylic oxidation sites excluding steroid dienone is 2. The summed E-state index contributed by atoms with van der Waals surface area (Å²) < 4.78 is 13.5. The summed E-state index contributed by atoms with van der Waals surface area (Å²) in [6.45, 7) is 6.44. The number of ether oxygens (including phenoxy) is 2. The zero-order valence-electron chi connectivity index (χ0n) is 35.6. The quantitative estimate of drug-likeness (QED) is 0.0375. The molecule has 0 amide bonds. The number of nitrogens with zero attached hydrogens (tertiary/aromatic N) is 4. The van der Waals surface area contributed by atoms with E-state index in [0.717, 1.165) is 61.5 Å². The van der Waals surface area contributed by atoms with E-state index < -0.39 is 67.9 Å². The van der Waals surface area contributed by atoms with Crippen molar-refractivity contribution in [3.05, 3.63) is 22.1 Å². The lowest BCUT2D eigenvalue weighted by Gasteiger charge is -2.56. The third-order valence-electron chi connectivity index (χ3n) is 13.6. The molecule has 0 radical (unpaired) electrons. The van der Waals surface area contributed by atoms with Crippen LogP contribution in [0, 0.1) is 17.3 Å². The highest BCUT2D eigenvalue weighted by Gasteiger charge is 2.50. The molecule has 2 fully saturated rings. The normalized spacial score (nSPS) is 27.2. The Labute approximate surface area is 342 Å². The van der Waals surface area contributed by atoms with E-state index >= 15 is 0 Å². The molecular formula is C44H80N4O9. The van der Waals surface area contributed by atoms with Gasteiger partial charge in [0.05, 0.1) is 19.3 Å². The number of aliphatic hydroxyl groups is 6. The highest BCUT2D eigenvalue weighted by Crippen LogP contribution is 2.60. The van der Waals surface area contributed by atoms with Crippen molar-refractivity contribution in [2.45, 2.75) is 230 Å². The van der Waals surface area contributed by atoms with Crippen LogP contribution in [0.2, 0.25) is 0 Å². The van der Waals surface area contributed by atoms with Crippen LogP contribution in [0.3, 0.4) is 0 Å². The van der Waals surface area contributed by atoms with E-state index in [0.29, 0.717) is 24.8 Å². The molecule has 1 aliphatic heterocycles. The molecule has 1 aromatic rings. The van der Waals surface area contributed by atoms with Gasteiger partial charge in [0.1, 0.15) is 36.6 Å².